The molecule has 33 heavy (non-hydrogen) atoms. The summed E-state index contributed by atoms with van der Waals surface area (Å²) in [5, 5.41) is 11.5. The molecular weight excluding hydrogens is 424 g/mol. The SMILES string of the molecule is CC1CCCN1Cc1ccc(-c2cnc(N)c(-c3nnnn3-c3cccc(F)c3F)c2)cc1. The predicted octanol–water partition coefficient (Wildman–Crippen LogP) is 4.24. The van der Waals surface area contributed by atoms with Crippen molar-refractivity contribution in [3.8, 4) is 28.2 Å². The number of halogens is 2. The van der Waals surface area contributed by atoms with E-state index in [9.17, 15) is 8.78 Å². The number of hydrogen-bond donors (Lipinski definition) is 1. The van der Waals surface area contributed by atoms with Crippen molar-refractivity contribution in [1.29, 1.82) is 0 Å². The number of tetrazole rings is 1. The topological polar surface area (TPSA) is 85.8 Å². The third-order valence-corrected chi connectivity index (χ3v) is 6.15. The molecule has 1 unspecified atom stereocenters. The van der Waals surface area contributed by atoms with Gasteiger partial charge in [-0.25, -0.2) is 13.8 Å². The Balaban J connectivity index is 1.46. The van der Waals surface area contributed by atoms with E-state index in [0.29, 0.717) is 11.6 Å². The van der Waals surface area contributed by atoms with E-state index in [1.807, 2.05) is 12.1 Å². The van der Waals surface area contributed by atoms with Gasteiger partial charge in [0.15, 0.2) is 17.5 Å². The average molecular weight is 447 g/mol. The fourth-order valence-corrected chi connectivity index (χ4v) is 4.25. The molecule has 1 atom stereocenters. The number of pyridine rings is 1. The highest BCUT2D eigenvalue weighted by molar-refractivity contribution is 5.76. The number of nitrogens with zero attached hydrogens (tertiary/aromatic N) is 6. The zero-order chi connectivity index (χ0) is 22.9. The molecule has 0 bridgehead atoms. The Labute approximate surface area is 189 Å². The van der Waals surface area contributed by atoms with Crippen LogP contribution in [0.3, 0.4) is 0 Å². The van der Waals surface area contributed by atoms with Crippen molar-refractivity contribution >= 4 is 5.82 Å². The summed E-state index contributed by atoms with van der Waals surface area (Å²) >= 11 is 0. The van der Waals surface area contributed by atoms with Crippen LogP contribution in [0.5, 0.6) is 0 Å². The number of hydrogen-bond acceptors (Lipinski definition) is 6. The van der Waals surface area contributed by atoms with Crippen molar-refractivity contribution in [2.45, 2.75) is 32.4 Å². The van der Waals surface area contributed by atoms with E-state index < -0.39 is 11.6 Å². The number of rotatable bonds is 5. The molecule has 5 rings (SSSR count). The number of anilines is 1. The molecule has 7 nitrogen and oxygen atoms in total. The molecule has 2 N–H and O–H groups in total. The fraction of sp³-hybridized carbons (Fsp3) is 0.250. The van der Waals surface area contributed by atoms with E-state index in [1.165, 1.54) is 30.5 Å². The molecule has 9 heteroatoms. The normalized spacial score (nSPS) is 16.4. The van der Waals surface area contributed by atoms with Gasteiger partial charge in [0.1, 0.15) is 11.5 Å². The Bertz CT molecular complexity index is 1290. The van der Waals surface area contributed by atoms with Gasteiger partial charge in [-0.1, -0.05) is 30.3 Å². The van der Waals surface area contributed by atoms with Gasteiger partial charge in [0.05, 0.1) is 5.56 Å². The quantitative estimate of drug-likeness (QED) is 0.493. The molecule has 1 fully saturated rings. The Morgan fingerprint density at radius 3 is 2.67 bits per heavy atom. The van der Waals surface area contributed by atoms with Crippen LogP contribution in [-0.2, 0) is 6.54 Å². The highest BCUT2D eigenvalue weighted by Crippen LogP contribution is 2.30. The highest BCUT2D eigenvalue weighted by atomic mass is 19.2. The minimum atomic E-state index is -1.04. The van der Waals surface area contributed by atoms with Crippen LogP contribution < -0.4 is 5.73 Å². The number of nitrogens with two attached hydrogens (primary N) is 1. The number of nitrogen functional groups attached to an aromatic ring is 1. The molecule has 0 spiro atoms. The van der Waals surface area contributed by atoms with E-state index in [1.54, 1.807) is 12.3 Å². The molecule has 0 aliphatic carbocycles. The number of aromatic nitrogens is 5. The van der Waals surface area contributed by atoms with Crippen molar-refractivity contribution in [3.05, 3.63) is 71.9 Å². The zero-order valence-corrected chi connectivity index (χ0v) is 18.1. The molecule has 1 saturated heterocycles. The van der Waals surface area contributed by atoms with Crippen LogP contribution in [0.15, 0.2) is 54.7 Å². The Morgan fingerprint density at radius 1 is 1.09 bits per heavy atom. The second-order valence-corrected chi connectivity index (χ2v) is 8.30. The molecular formula is C24H23F2N7. The molecule has 0 saturated carbocycles. The van der Waals surface area contributed by atoms with Gasteiger partial charge in [-0.2, -0.15) is 4.68 Å². The zero-order valence-electron chi connectivity index (χ0n) is 18.1. The molecule has 0 radical (unpaired) electrons. The maximum Gasteiger partial charge on any atom is 0.190 e. The lowest BCUT2D eigenvalue weighted by atomic mass is 10.0. The monoisotopic (exact) mass is 447 g/mol. The predicted molar refractivity (Wildman–Crippen MR) is 121 cm³/mol. The van der Waals surface area contributed by atoms with Gasteiger partial charge < -0.3 is 5.73 Å². The lowest BCUT2D eigenvalue weighted by Crippen LogP contribution is -2.26. The third-order valence-electron chi connectivity index (χ3n) is 6.15. The molecule has 1 aliphatic heterocycles. The summed E-state index contributed by atoms with van der Waals surface area (Å²) in [7, 11) is 0. The van der Waals surface area contributed by atoms with Gasteiger partial charge in [0.2, 0.25) is 0 Å². The minimum Gasteiger partial charge on any atom is -0.383 e. The summed E-state index contributed by atoms with van der Waals surface area (Å²) in [6, 6.07) is 14.6. The van der Waals surface area contributed by atoms with E-state index in [4.69, 9.17) is 5.73 Å². The van der Waals surface area contributed by atoms with Gasteiger partial charge in [0.25, 0.3) is 0 Å². The summed E-state index contributed by atoms with van der Waals surface area (Å²) in [6.07, 6.45) is 4.17. The minimum absolute atomic E-state index is 0.111. The highest BCUT2D eigenvalue weighted by Gasteiger charge is 2.21. The fourth-order valence-electron chi connectivity index (χ4n) is 4.25. The second-order valence-electron chi connectivity index (χ2n) is 8.30. The Hall–Kier alpha value is -3.72. The molecule has 1 aliphatic rings. The van der Waals surface area contributed by atoms with Crippen molar-refractivity contribution in [2.24, 2.45) is 0 Å². The van der Waals surface area contributed by atoms with Gasteiger partial charge in [-0.3, -0.25) is 4.90 Å². The van der Waals surface area contributed by atoms with E-state index in [-0.39, 0.29) is 17.3 Å². The first-order valence-electron chi connectivity index (χ1n) is 10.8. The summed E-state index contributed by atoms with van der Waals surface area (Å²) in [5.41, 5.74) is 9.45. The van der Waals surface area contributed by atoms with Crippen molar-refractivity contribution in [2.75, 3.05) is 12.3 Å². The van der Waals surface area contributed by atoms with Crippen molar-refractivity contribution in [1.82, 2.24) is 30.1 Å². The van der Waals surface area contributed by atoms with E-state index in [2.05, 4.69) is 44.5 Å². The van der Waals surface area contributed by atoms with E-state index >= 15 is 0 Å². The van der Waals surface area contributed by atoms with Crippen molar-refractivity contribution < 1.29 is 8.78 Å². The van der Waals surface area contributed by atoms with Gasteiger partial charge >= 0.3 is 0 Å². The Kier molecular flexibility index (Phi) is 5.55. The second kappa shape index (κ2) is 8.67. The lowest BCUT2D eigenvalue weighted by Gasteiger charge is -2.21. The summed E-state index contributed by atoms with van der Waals surface area (Å²) in [4.78, 5) is 6.78. The largest absolute Gasteiger partial charge is 0.383 e. The molecule has 2 aromatic heterocycles. The smallest absolute Gasteiger partial charge is 0.190 e. The van der Waals surface area contributed by atoms with Crippen LogP contribution in [0, 0.1) is 11.6 Å². The number of benzene rings is 2. The van der Waals surface area contributed by atoms with Crippen molar-refractivity contribution in [3.63, 3.8) is 0 Å². The molecule has 4 aromatic rings. The molecule has 3 heterocycles. The summed E-state index contributed by atoms with van der Waals surface area (Å²) in [5.74, 6) is -1.67. The van der Waals surface area contributed by atoms with Crippen LogP contribution in [0.4, 0.5) is 14.6 Å². The maximum atomic E-state index is 14.4. The molecule has 168 valence electrons. The Morgan fingerprint density at radius 2 is 1.91 bits per heavy atom. The lowest BCUT2D eigenvalue weighted by molar-refractivity contribution is 0.260. The van der Waals surface area contributed by atoms with E-state index in [0.717, 1.165) is 35.0 Å². The van der Waals surface area contributed by atoms with Gasteiger partial charge in [-0.15, -0.1) is 5.10 Å². The first-order chi connectivity index (χ1) is 16.0. The standard InChI is InChI=1S/C24H23F2N7/c1-15-4-3-11-32(15)14-16-7-9-17(10-8-16)18-12-19(23(27)28-13-18)24-29-30-31-33(24)21-6-2-5-20(25)22(21)26/h2,5-10,12-13,15H,3-4,11,14H2,1H3,(H2,27,28). The third kappa shape index (κ3) is 4.07. The number of likely N-dealkylation sites (tertiary alicyclic amines) is 1. The van der Waals surface area contributed by atoms with Gasteiger partial charge in [0, 0.05) is 24.3 Å². The van der Waals surface area contributed by atoms with Crippen LogP contribution in [-0.4, -0.2) is 42.7 Å². The van der Waals surface area contributed by atoms with Crippen LogP contribution in [0.25, 0.3) is 28.2 Å². The maximum absolute atomic E-state index is 14.4. The van der Waals surface area contributed by atoms with Gasteiger partial charge in [-0.05, 0) is 66.1 Å². The first-order valence-corrected chi connectivity index (χ1v) is 10.8. The summed E-state index contributed by atoms with van der Waals surface area (Å²) in [6.45, 7) is 4.34. The first kappa shape index (κ1) is 21.1. The molecule has 0 amide bonds. The molecule has 2 aromatic carbocycles. The van der Waals surface area contributed by atoms with Crippen LogP contribution in [0.1, 0.15) is 25.3 Å². The van der Waals surface area contributed by atoms with Crippen LogP contribution >= 0.6 is 0 Å². The average Bonchev–Trinajstić information content (AvgIpc) is 3.46. The summed E-state index contributed by atoms with van der Waals surface area (Å²) < 4.78 is 29.2. The van der Waals surface area contributed by atoms with Crippen LogP contribution in [0.2, 0.25) is 0 Å².